The van der Waals surface area contributed by atoms with Crippen LogP contribution in [0.2, 0.25) is 0 Å². The van der Waals surface area contributed by atoms with Gasteiger partial charge in [-0.05, 0) is 87.5 Å². The highest BCUT2D eigenvalue weighted by atomic mass is 16.5. The van der Waals surface area contributed by atoms with Crippen molar-refractivity contribution < 1.29 is 19.4 Å². The number of esters is 1. The number of nitrogens with zero attached hydrogens (tertiary/aromatic N) is 3. The van der Waals surface area contributed by atoms with Gasteiger partial charge in [-0.2, -0.15) is 0 Å². The molecule has 0 aromatic heterocycles. The molecule has 0 aromatic rings. The number of nitrogens with one attached hydrogen (secondary N) is 1. The summed E-state index contributed by atoms with van der Waals surface area (Å²) in [5, 5.41) is 15.0. The Kier molecular flexibility index (Phi) is 9.25. The molecule has 8 heteroatoms. The summed E-state index contributed by atoms with van der Waals surface area (Å²) in [6.45, 7) is 15.5. The minimum absolute atomic E-state index is 0.0194. The lowest BCUT2D eigenvalue weighted by Gasteiger charge is -2.17. The molecule has 2 N–H and O–H groups in total. The third-order valence-corrected chi connectivity index (χ3v) is 10.5. The summed E-state index contributed by atoms with van der Waals surface area (Å²) in [5.74, 6) is 0.204. The first kappa shape index (κ1) is 32.9. The monoisotopic (exact) mass is 636 g/mol. The van der Waals surface area contributed by atoms with Crippen molar-refractivity contribution in [2.75, 3.05) is 13.7 Å². The minimum atomic E-state index is -0.229. The van der Waals surface area contributed by atoms with Crippen molar-refractivity contribution in [3.8, 4) is 0 Å². The summed E-state index contributed by atoms with van der Waals surface area (Å²) in [6, 6.07) is 0. The van der Waals surface area contributed by atoms with Gasteiger partial charge < -0.3 is 19.9 Å². The average molecular weight is 637 g/mol. The number of allylic oxidation sites excluding steroid dienone is 11. The molecule has 8 bridgehead atoms. The molecule has 8 nitrogen and oxygen atoms in total. The predicted molar refractivity (Wildman–Crippen MR) is 188 cm³/mol. The molecular formula is C39H48N4O4. The summed E-state index contributed by atoms with van der Waals surface area (Å²) in [7, 11) is 1.43. The third kappa shape index (κ3) is 5.97. The van der Waals surface area contributed by atoms with Crippen LogP contribution in [-0.2, 0) is 14.3 Å². The molecule has 3 atom stereocenters. The van der Waals surface area contributed by atoms with Gasteiger partial charge in [-0.3, -0.25) is 4.79 Å². The molecule has 0 spiro atoms. The maximum absolute atomic E-state index is 12.3. The highest BCUT2D eigenvalue weighted by Gasteiger charge is 2.41. The summed E-state index contributed by atoms with van der Waals surface area (Å²) in [5.41, 5.74) is 14.5. The molecule has 6 rings (SSSR count). The van der Waals surface area contributed by atoms with Gasteiger partial charge in [0.2, 0.25) is 0 Å². The van der Waals surface area contributed by atoms with E-state index in [2.05, 4.69) is 65.1 Å². The van der Waals surface area contributed by atoms with Crippen molar-refractivity contribution in [1.29, 1.82) is 0 Å². The van der Waals surface area contributed by atoms with Crippen molar-refractivity contribution in [2.24, 2.45) is 26.8 Å². The molecule has 5 heterocycles. The molecule has 0 aromatic carbocycles. The maximum atomic E-state index is 12.3. The predicted octanol–water partition coefficient (Wildman–Crippen LogP) is 8.21. The van der Waals surface area contributed by atoms with E-state index in [9.17, 15) is 9.90 Å². The second kappa shape index (κ2) is 13.2. The van der Waals surface area contributed by atoms with Crippen LogP contribution < -0.4 is 5.32 Å². The van der Waals surface area contributed by atoms with Gasteiger partial charge in [0.05, 0.1) is 54.0 Å². The molecule has 1 saturated heterocycles. The molecule has 6 aliphatic rings. The molecule has 0 amide bonds. The first-order chi connectivity index (χ1) is 22.6. The number of methoxy groups -OCH3 is 1. The molecule has 2 unspecified atom stereocenters. The van der Waals surface area contributed by atoms with Crippen molar-refractivity contribution in [2.45, 2.75) is 99.5 Å². The number of hydrogen-bond donors (Lipinski definition) is 2. The lowest BCUT2D eigenvalue weighted by molar-refractivity contribution is -0.140. The standard InChI is InChI=1S/C39H48N4O4/c1-9-11-12-20(3)47-19-28-23(6)29-16-31-22(5)26(13-14-36(45)46-8)38(42-31)27-15-35(44)37-24(7)32(43-39(27)37)18-33-25(10-2)21(4)30(40-33)17-34(28)41-29/h16-18,20,22,26,42,44H,9-15,19H2,1-8H3/t20?,22?,26-/m0/s1. The number of hydrogen-bond acceptors (Lipinski definition) is 8. The molecular weight excluding hydrogens is 588 g/mol. The SMILES string of the molecule is CCCCC(C)OCC1=C(C)C2=NC1=CC1=NC(=CC3=C(C)C4=C(O)CC(=C5NC(=C2)C(C)[C@@H]5CCC(=O)OC)C4=N3)C(CC)=C1C. The van der Waals surface area contributed by atoms with Crippen LogP contribution in [0.3, 0.4) is 0 Å². The zero-order valence-corrected chi connectivity index (χ0v) is 29.1. The number of fused-ring (bicyclic) bond motifs is 5. The summed E-state index contributed by atoms with van der Waals surface area (Å²) < 4.78 is 11.4. The summed E-state index contributed by atoms with van der Waals surface area (Å²) >= 11 is 0. The molecule has 1 aliphatic carbocycles. The molecule has 0 saturated carbocycles. The second-order valence-corrected chi connectivity index (χ2v) is 13.5. The van der Waals surface area contributed by atoms with Gasteiger partial charge in [0.1, 0.15) is 5.76 Å². The topological polar surface area (TPSA) is 105 Å². The van der Waals surface area contributed by atoms with E-state index in [1.807, 2.05) is 6.92 Å². The largest absolute Gasteiger partial charge is 0.511 e. The van der Waals surface area contributed by atoms with Crippen molar-refractivity contribution in [3.63, 3.8) is 0 Å². The fourth-order valence-electron chi connectivity index (χ4n) is 7.52. The fraction of sp³-hybridized carbons (Fsp3) is 0.487. The van der Waals surface area contributed by atoms with Crippen LogP contribution >= 0.6 is 0 Å². The Bertz CT molecular complexity index is 1770. The Morgan fingerprint density at radius 1 is 1.02 bits per heavy atom. The zero-order valence-electron chi connectivity index (χ0n) is 29.1. The van der Waals surface area contributed by atoms with Gasteiger partial charge in [0, 0.05) is 52.8 Å². The van der Waals surface area contributed by atoms with E-state index >= 15 is 0 Å². The Balaban J connectivity index is 1.52. The van der Waals surface area contributed by atoms with Gasteiger partial charge in [-0.1, -0.05) is 33.6 Å². The van der Waals surface area contributed by atoms with E-state index in [4.69, 9.17) is 24.5 Å². The minimum Gasteiger partial charge on any atom is -0.511 e. The number of carbonyl (C=O) groups excluding carboxylic acids is 1. The smallest absolute Gasteiger partial charge is 0.305 e. The highest BCUT2D eigenvalue weighted by Crippen LogP contribution is 2.46. The second-order valence-electron chi connectivity index (χ2n) is 13.5. The van der Waals surface area contributed by atoms with E-state index in [1.54, 1.807) is 0 Å². The third-order valence-electron chi connectivity index (χ3n) is 10.5. The summed E-state index contributed by atoms with van der Waals surface area (Å²) in [4.78, 5) is 27.8. The number of aliphatic hydroxyl groups excluding tert-OH is 1. The van der Waals surface area contributed by atoms with E-state index < -0.39 is 0 Å². The van der Waals surface area contributed by atoms with Crippen molar-refractivity contribution >= 4 is 23.1 Å². The van der Waals surface area contributed by atoms with Crippen molar-refractivity contribution in [1.82, 2.24) is 5.32 Å². The number of aliphatic imine (C=N–C) groups is 3. The van der Waals surface area contributed by atoms with Crippen LogP contribution in [0.4, 0.5) is 0 Å². The Labute approximate surface area is 278 Å². The fourth-order valence-corrected chi connectivity index (χ4v) is 7.52. The first-order valence-electron chi connectivity index (χ1n) is 17.2. The van der Waals surface area contributed by atoms with Gasteiger partial charge in [0.25, 0.3) is 0 Å². The Hall–Kier alpha value is -4.04. The number of rotatable bonds is 10. The molecule has 1 fully saturated rings. The van der Waals surface area contributed by atoms with Crippen LogP contribution in [0, 0.1) is 11.8 Å². The average Bonchev–Trinajstić information content (AvgIpc) is 3.80. The van der Waals surface area contributed by atoms with Crippen LogP contribution in [-0.4, -0.2) is 48.0 Å². The van der Waals surface area contributed by atoms with Crippen LogP contribution in [0.5, 0.6) is 0 Å². The van der Waals surface area contributed by atoms with Crippen LogP contribution in [0.25, 0.3) is 0 Å². The van der Waals surface area contributed by atoms with E-state index in [0.29, 0.717) is 31.6 Å². The van der Waals surface area contributed by atoms with Gasteiger partial charge in [-0.15, -0.1) is 0 Å². The number of aliphatic hydroxyl groups is 1. The lowest BCUT2D eigenvalue weighted by Crippen LogP contribution is -2.16. The Morgan fingerprint density at radius 3 is 2.43 bits per heavy atom. The molecule has 47 heavy (non-hydrogen) atoms. The van der Waals surface area contributed by atoms with Crippen LogP contribution in [0.15, 0.2) is 106 Å². The van der Waals surface area contributed by atoms with E-state index in [-0.39, 0.29) is 23.9 Å². The van der Waals surface area contributed by atoms with Crippen LogP contribution in [0.1, 0.15) is 93.4 Å². The molecule has 0 radical (unpaired) electrons. The lowest BCUT2D eigenvalue weighted by atomic mass is 9.86. The number of unbranched alkanes of at least 4 members (excludes halogenated alkanes) is 1. The zero-order chi connectivity index (χ0) is 33.6. The maximum Gasteiger partial charge on any atom is 0.305 e. The molecule has 248 valence electrons. The van der Waals surface area contributed by atoms with Gasteiger partial charge in [-0.25, -0.2) is 15.0 Å². The normalized spacial score (nSPS) is 24.1. The Morgan fingerprint density at radius 2 is 1.72 bits per heavy atom. The highest BCUT2D eigenvalue weighted by molar-refractivity contribution is 6.21. The van der Waals surface area contributed by atoms with Gasteiger partial charge in [0.15, 0.2) is 0 Å². The quantitative estimate of drug-likeness (QED) is 0.235. The summed E-state index contributed by atoms with van der Waals surface area (Å²) in [6.07, 6.45) is 12.0. The molecule has 5 aliphatic heterocycles. The van der Waals surface area contributed by atoms with Crippen molar-refractivity contribution in [3.05, 3.63) is 91.5 Å². The number of ether oxygens (including phenoxy) is 2. The van der Waals surface area contributed by atoms with Gasteiger partial charge >= 0.3 is 5.97 Å². The number of carbonyl (C=O) groups is 1. The van der Waals surface area contributed by atoms with E-state index in [0.717, 1.165) is 105 Å². The van der Waals surface area contributed by atoms with E-state index in [1.165, 1.54) is 12.7 Å². The first-order valence-corrected chi connectivity index (χ1v) is 17.2.